The molecule has 1 saturated carbocycles. The van der Waals surface area contributed by atoms with Gasteiger partial charge in [0, 0.05) is 6.42 Å². The molecule has 1 amide bonds. The number of amides is 1. The van der Waals surface area contributed by atoms with Crippen LogP contribution in [0.5, 0.6) is 5.75 Å². The van der Waals surface area contributed by atoms with Crippen molar-refractivity contribution in [1.29, 1.82) is 0 Å². The normalized spacial score (nSPS) is 15.4. The van der Waals surface area contributed by atoms with E-state index in [-0.39, 0.29) is 17.2 Å². The Hall–Kier alpha value is -2.36. The van der Waals surface area contributed by atoms with E-state index in [1.54, 1.807) is 12.1 Å². The third-order valence-electron chi connectivity index (χ3n) is 4.77. The number of methoxy groups -OCH3 is 1. The van der Waals surface area contributed by atoms with Crippen LogP contribution in [0, 0.1) is 5.82 Å². The van der Waals surface area contributed by atoms with E-state index in [4.69, 9.17) is 4.74 Å². The molecule has 0 heterocycles. The average molecular weight is 327 g/mol. The van der Waals surface area contributed by atoms with Crippen LogP contribution >= 0.6 is 0 Å². The van der Waals surface area contributed by atoms with Crippen LogP contribution in [0.25, 0.3) is 0 Å². The Balaban J connectivity index is 1.60. The number of nitrogens with one attached hydrogen (secondary N) is 1. The molecule has 1 fully saturated rings. The zero-order chi connectivity index (χ0) is 17.0. The van der Waals surface area contributed by atoms with Gasteiger partial charge in [0.05, 0.1) is 12.6 Å². The van der Waals surface area contributed by atoms with Gasteiger partial charge in [-0.3, -0.25) is 4.79 Å². The molecule has 1 N–H and O–H groups in total. The van der Waals surface area contributed by atoms with Gasteiger partial charge in [-0.25, -0.2) is 4.39 Å². The van der Waals surface area contributed by atoms with Crippen molar-refractivity contribution in [3.63, 3.8) is 0 Å². The van der Waals surface area contributed by atoms with E-state index in [0.717, 1.165) is 24.8 Å². The second kappa shape index (κ2) is 7.04. The molecule has 0 saturated heterocycles. The van der Waals surface area contributed by atoms with Crippen molar-refractivity contribution in [2.45, 2.75) is 37.6 Å². The first-order valence-corrected chi connectivity index (χ1v) is 8.32. The van der Waals surface area contributed by atoms with Crippen molar-refractivity contribution in [3.8, 4) is 5.75 Å². The summed E-state index contributed by atoms with van der Waals surface area (Å²) < 4.78 is 18.6. The topological polar surface area (TPSA) is 38.3 Å². The second-order valence-corrected chi connectivity index (χ2v) is 6.32. The van der Waals surface area contributed by atoms with E-state index in [0.29, 0.717) is 12.8 Å². The van der Waals surface area contributed by atoms with Crippen LogP contribution in [0.15, 0.2) is 48.5 Å². The summed E-state index contributed by atoms with van der Waals surface area (Å²) >= 11 is 0. The molecular weight excluding hydrogens is 305 g/mol. The van der Waals surface area contributed by atoms with Gasteiger partial charge in [-0.15, -0.1) is 0 Å². The number of halogens is 1. The maximum atomic E-state index is 13.7. The molecule has 3 rings (SSSR count). The SMILES string of the molecule is COc1ccc(CCC(=O)NC2(c3ccccc3)CCC2)cc1F. The van der Waals surface area contributed by atoms with Crippen LogP contribution in [-0.2, 0) is 16.8 Å². The minimum absolute atomic E-state index is 0.00905. The summed E-state index contributed by atoms with van der Waals surface area (Å²) in [4.78, 5) is 12.4. The Morgan fingerprint density at radius 1 is 1.21 bits per heavy atom. The van der Waals surface area contributed by atoms with Crippen molar-refractivity contribution in [2.24, 2.45) is 0 Å². The van der Waals surface area contributed by atoms with Gasteiger partial charge in [0.25, 0.3) is 0 Å². The first kappa shape index (κ1) is 16.5. The first-order valence-electron chi connectivity index (χ1n) is 8.32. The Labute approximate surface area is 141 Å². The molecular formula is C20H22FNO2. The molecule has 2 aromatic rings. The molecule has 0 spiro atoms. The summed E-state index contributed by atoms with van der Waals surface area (Å²) in [7, 11) is 1.44. The molecule has 1 aliphatic carbocycles. The smallest absolute Gasteiger partial charge is 0.221 e. The summed E-state index contributed by atoms with van der Waals surface area (Å²) in [6, 6.07) is 14.9. The van der Waals surface area contributed by atoms with Gasteiger partial charge in [0.1, 0.15) is 0 Å². The van der Waals surface area contributed by atoms with Gasteiger partial charge < -0.3 is 10.1 Å². The number of benzene rings is 2. The third-order valence-corrected chi connectivity index (χ3v) is 4.77. The van der Waals surface area contributed by atoms with Crippen LogP contribution in [0.2, 0.25) is 0 Å². The van der Waals surface area contributed by atoms with Gasteiger partial charge in [0.15, 0.2) is 11.6 Å². The minimum atomic E-state index is -0.393. The lowest BCUT2D eigenvalue weighted by molar-refractivity contribution is -0.124. The lowest BCUT2D eigenvalue weighted by Crippen LogP contribution is -2.50. The number of rotatable bonds is 6. The molecule has 24 heavy (non-hydrogen) atoms. The predicted octanol–water partition coefficient (Wildman–Crippen LogP) is 3.96. The zero-order valence-electron chi connectivity index (χ0n) is 13.8. The van der Waals surface area contributed by atoms with E-state index in [2.05, 4.69) is 17.4 Å². The van der Waals surface area contributed by atoms with Crippen molar-refractivity contribution in [1.82, 2.24) is 5.32 Å². The minimum Gasteiger partial charge on any atom is -0.494 e. The number of ether oxygens (including phenoxy) is 1. The molecule has 0 unspecified atom stereocenters. The van der Waals surface area contributed by atoms with Gasteiger partial charge >= 0.3 is 0 Å². The van der Waals surface area contributed by atoms with E-state index in [9.17, 15) is 9.18 Å². The highest BCUT2D eigenvalue weighted by atomic mass is 19.1. The Bertz CT molecular complexity index is 711. The molecule has 0 aromatic heterocycles. The highest BCUT2D eigenvalue weighted by Gasteiger charge is 2.39. The van der Waals surface area contributed by atoms with Gasteiger partial charge in [-0.1, -0.05) is 36.4 Å². The summed E-state index contributed by atoms with van der Waals surface area (Å²) in [5, 5.41) is 3.20. The molecule has 1 aliphatic rings. The maximum Gasteiger partial charge on any atom is 0.221 e. The van der Waals surface area contributed by atoms with Crippen LogP contribution in [-0.4, -0.2) is 13.0 Å². The first-order chi connectivity index (χ1) is 11.6. The summed E-state index contributed by atoms with van der Waals surface area (Å²) in [5.41, 5.74) is 1.75. The molecule has 4 heteroatoms. The summed E-state index contributed by atoms with van der Waals surface area (Å²) in [5.74, 6) is -0.161. The molecule has 3 nitrogen and oxygen atoms in total. The van der Waals surface area contributed by atoms with Crippen molar-refractivity contribution in [2.75, 3.05) is 7.11 Å². The fraction of sp³-hybridized carbons (Fsp3) is 0.350. The predicted molar refractivity (Wildman–Crippen MR) is 91.4 cm³/mol. The lowest BCUT2D eigenvalue weighted by Gasteiger charge is -2.43. The fourth-order valence-corrected chi connectivity index (χ4v) is 3.23. The van der Waals surface area contributed by atoms with E-state index in [1.807, 2.05) is 18.2 Å². The molecule has 0 radical (unpaired) electrons. The molecule has 0 atom stereocenters. The van der Waals surface area contributed by atoms with E-state index in [1.165, 1.54) is 18.7 Å². The molecule has 126 valence electrons. The summed E-state index contributed by atoms with van der Waals surface area (Å²) in [6.07, 6.45) is 3.93. The zero-order valence-corrected chi connectivity index (χ0v) is 13.8. The van der Waals surface area contributed by atoms with Crippen LogP contribution < -0.4 is 10.1 Å². The van der Waals surface area contributed by atoms with E-state index < -0.39 is 5.82 Å². The largest absolute Gasteiger partial charge is 0.494 e. The van der Waals surface area contributed by atoms with Crippen LogP contribution in [0.3, 0.4) is 0 Å². The number of carbonyl (C=O) groups is 1. The standard InChI is InChI=1S/C20H22FNO2/c1-24-18-10-8-15(14-17(18)21)9-11-19(23)22-20(12-5-13-20)16-6-3-2-4-7-16/h2-4,6-8,10,14H,5,9,11-13H2,1H3,(H,22,23). The number of hydrogen-bond donors (Lipinski definition) is 1. The van der Waals surface area contributed by atoms with Crippen LogP contribution in [0.1, 0.15) is 36.8 Å². The highest BCUT2D eigenvalue weighted by molar-refractivity contribution is 5.77. The Morgan fingerprint density at radius 2 is 1.96 bits per heavy atom. The van der Waals surface area contributed by atoms with Crippen LogP contribution in [0.4, 0.5) is 4.39 Å². The van der Waals surface area contributed by atoms with E-state index >= 15 is 0 Å². The van der Waals surface area contributed by atoms with Gasteiger partial charge in [-0.2, -0.15) is 0 Å². The van der Waals surface area contributed by atoms with Crippen molar-refractivity contribution < 1.29 is 13.9 Å². The monoisotopic (exact) mass is 327 g/mol. The van der Waals surface area contributed by atoms with Crippen molar-refractivity contribution in [3.05, 3.63) is 65.5 Å². The van der Waals surface area contributed by atoms with Crippen molar-refractivity contribution >= 4 is 5.91 Å². The Kier molecular flexibility index (Phi) is 4.84. The molecule has 2 aromatic carbocycles. The molecule has 0 aliphatic heterocycles. The molecule has 0 bridgehead atoms. The maximum absolute atomic E-state index is 13.7. The van der Waals surface area contributed by atoms with Gasteiger partial charge in [0.2, 0.25) is 5.91 Å². The quantitative estimate of drug-likeness (QED) is 0.872. The fourth-order valence-electron chi connectivity index (χ4n) is 3.23. The number of carbonyl (C=O) groups excluding carboxylic acids is 1. The average Bonchev–Trinajstić information content (AvgIpc) is 2.57. The third kappa shape index (κ3) is 3.42. The Morgan fingerprint density at radius 3 is 2.54 bits per heavy atom. The highest BCUT2D eigenvalue weighted by Crippen LogP contribution is 2.41. The summed E-state index contributed by atoms with van der Waals surface area (Å²) in [6.45, 7) is 0. The lowest BCUT2D eigenvalue weighted by atomic mass is 9.71. The number of hydrogen-bond acceptors (Lipinski definition) is 2. The number of aryl methyl sites for hydroxylation is 1. The van der Waals surface area contributed by atoms with Gasteiger partial charge in [-0.05, 0) is 48.9 Å². The second-order valence-electron chi connectivity index (χ2n) is 6.32.